The third-order valence-corrected chi connectivity index (χ3v) is 6.16. The number of carbonyl (C=O) groups excluding carboxylic acids is 1. The van der Waals surface area contributed by atoms with E-state index in [9.17, 15) is 9.59 Å². The lowest BCUT2D eigenvalue weighted by atomic mass is 10.1. The van der Waals surface area contributed by atoms with Crippen molar-refractivity contribution in [3.05, 3.63) is 53.5 Å². The minimum atomic E-state index is -0.512. The third-order valence-electron chi connectivity index (χ3n) is 5.60. The van der Waals surface area contributed by atoms with Crippen molar-refractivity contribution in [1.82, 2.24) is 24.2 Å². The Kier molecular flexibility index (Phi) is 7.20. The van der Waals surface area contributed by atoms with Crippen LogP contribution in [0.5, 0.6) is 5.75 Å². The zero-order chi connectivity index (χ0) is 25.2. The van der Waals surface area contributed by atoms with Crippen LogP contribution in [0.3, 0.4) is 0 Å². The highest BCUT2D eigenvalue weighted by molar-refractivity contribution is 7.98. The van der Waals surface area contributed by atoms with E-state index in [1.807, 2.05) is 51.3 Å². The van der Waals surface area contributed by atoms with Crippen molar-refractivity contribution in [1.29, 1.82) is 0 Å². The van der Waals surface area contributed by atoms with Crippen LogP contribution in [0.15, 0.2) is 53.1 Å². The first-order chi connectivity index (χ1) is 16.7. The number of hydrogen-bond acceptors (Lipinski definition) is 7. The molecule has 0 aliphatic carbocycles. The summed E-state index contributed by atoms with van der Waals surface area (Å²) in [4.78, 5) is 35.9. The number of carbonyl (C=O) groups is 1. The molecule has 0 atom stereocenters. The Balaban J connectivity index is 1.56. The summed E-state index contributed by atoms with van der Waals surface area (Å²) in [5.74, 6) is 0.691. The van der Waals surface area contributed by atoms with Crippen LogP contribution in [-0.4, -0.2) is 61.4 Å². The Bertz CT molecular complexity index is 1290. The summed E-state index contributed by atoms with van der Waals surface area (Å²) in [5.41, 5.74) is 0.613. The number of aromatic nitrogens is 4. The average molecular weight is 498 g/mol. The molecule has 2 aromatic heterocycles. The number of fused-ring (bicyclic) bond motifs is 1. The zero-order valence-electron chi connectivity index (χ0n) is 20.6. The second kappa shape index (κ2) is 10.2. The number of ether oxygens (including phenoxy) is 2. The van der Waals surface area contributed by atoms with Gasteiger partial charge in [-0.25, -0.2) is 24.1 Å². The predicted octanol–water partition coefficient (Wildman–Crippen LogP) is 4.27. The van der Waals surface area contributed by atoms with Gasteiger partial charge in [-0.2, -0.15) is 0 Å². The van der Waals surface area contributed by atoms with Crippen LogP contribution in [-0.2, 0) is 11.3 Å². The fraction of sp³-hybridized carbons (Fsp3) is 0.440. The summed E-state index contributed by atoms with van der Waals surface area (Å²) in [7, 11) is 0. The number of benzene rings is 1. The van der Waals surface area contributed by atoms with Crippen LogP contribution in [0.1, 0.15) is 33.6 Å². The van der Waals surface area contributed by atoms with Crippen molar-refractivity contribution < 1.29 is 14.3 Å². The number of allylic oxidation sites excluding steroid dienone is 1. The van der Waals surface area contributed by atoms with Gasteiger partial charge in [-0.15, -0.1) is 6.58 Å². The minimum absolute atomic E-state index is 0.0221. The molecule has 1 fully saturated rings. The Labute approximate surface area is 208 Å². The third kappa shape index (κ3) is 5.53. The average Bonchev–Trinajstić information content (AvgIpc) is 3.09. The zero-order valence-corrected chi connectivity index (χ0v) is 21.4. The van der Waals surface area contributed by atoms with E-state index in [0.717, 1.165) is 5.69 Å². The predicted molar refractivity (Wildman–Crippen MR) is 137 cm³/mol. The topological polar surface area (TPSA) is 91.5 Å². The molecule has 1 aliphatic rings. The number of rotatable bonds is 6. The molecule has 35 heavy (non-hydrogen) atoms. The van der Waals surface area contributed by atoms with Crippen molar-refractivity contribution in [2.45, 2.75) is 57.0 Å². The van der Waals surface area contributed by atoms with E-state index in [2.05, 4.69) is 16.5 Å². The van der Waals surface area contributed by atoms with Crippen LogP contribution in [0.2, 0.25) is 0 Å². The van der Waals surface area contributed by atoms with Crippen molar-refractivity contribution in [3.8, 4) is 11.4 Å². The molecule has 10 heteroatoms. The molecule has 1 aliphatic heterocycles. The molecule has 4 rings (SSSR count). The van der Waals surface area contributed by atoms with Crippen molar-refractivity contribution in [2.75, 3.05) is 19.3 Å². The first-order valence-corrected chi connectivity index (χ1v) is 12.8. The van der Waals surface area contributed by atoms with Gasteiger partial charge in [0, 0.05) is 38.2 Å². The van der Waals surface area contributed by atoms with Gasteiger partial charge in [0.1, 0.15) is 22.8 Å². The second-order valence-corrected chi connectivity index (χ2v) is 10.1. The van der Waals surface area contributed by atoms with Gasteiger partial charge >= 0.3 is 6.09 Å². The maximum Gasteiger partial charge on any atom is 0.410 e. The number of likely N-dealkylation sites (tertiary alicyclic amines) is 1. The highest BCUT2D eigenvalue weighted by Gasteiger charge is 2.28. The fourth-order valence-corrected chi connectivity index (χ4v) is 4.36. The lowest BCUT2D eigenvalue weighted by Crippen LogP contribution is -2.44. The lowest BCUT2D eigenvalue weighted by Gasteiger charge is -2.33. The monoisotopic (exact) mass is 497 g/mol. The highest BCUT2D eigenvalue weighted by Crippen LogP contribution is 2.25. The van der Waals surface area contributed by atoms with Gasteiger partial charge in [0.15, 0.2) is 10.8 Å². The summed E-state index contributed by atoms with van der Waals surface area (Å²) in [6, 6.07) is 7.61. The van der Waals surface area contributed by atoms with Gasteiger partial charge in [-0.1, -0.05) is 23.9 Å². The van der Waals surface area contributed by atoms with E-state index in [4.69, 9.17) is 9.47 Å². The van der Waals surface area contributed by atoms with Gasteiger partial charge in [0.25, 0.3) is 5.56 Å². The molecular formula is C25H31N5O4S. The molecule has 0 saturated carbocycles. The van der Waals surface area contributed by atoms with Gasteiger partial charge in [0.2, 0.25) is 0 Å². The molecule has 9 nitrogen and oxygen atoms in total. The van der Waals surface area contributed by atoms with E-state index >= 15 is 0 Å². The SMILES string of the molecule is C=CCn1c(=O)c2cnc(SC)nc2n1-c1cccc(OC2CCN(C(=O)OC(C)(C)C)CC2)c1. The van der Waals surface area contributed by atoms with Crippen LogP contribution in [0.4, 0.5) is 4.79 Å². The Hall–Kier alpha value is -3.27. The fourth-order valence-electron chi connectivity index (χ4n) is 4.02. The largest absolute Gasteiger partial charge is 0.490 e. The number of hydrogen-bond donors (Lipinski definition) is 0. The van der Waals surface area contributed by atoms with Crippen molar-refractivity contribution in [3.63, 3.8) is 0 Å². The number of thioether (sulfide) groups is 1. The van der Waals surface area contributed by atoms with Crippen LogP contribution >= 0.6 is 11.8 Å². The molecule has 3 heterocycles. The molecular weight excluding hydrogens is 466 g/mol. The molecule has 0 bridgehead atoms. The van der Waals surface area contributed by atoms with Crippen LogP contribution in [0, 0.1) is 0 Å². The Morgan fingerprint density at radius 2 is 2.03 bits per heavy atom. The summed E-state index contributed by atoms with van der Waals surface area (Å²) in [6.45, 7) is 10.9. The van der Waals surface area contributed by atoms with E-state index in [1.54, 1.807) is 26.5 Å². The number of piperidine rings is 1. The maximum absolute atomic E-state index is 13.0. The second-order valence-electron chi connectivity index (χ2n) is 9.36. The molecule has 0 unspecified atom stereocenters. The van der Waals surface area contributed by atoms with Gasteiger partial charge in [-0.05, 0) is 39.2 Å². The van der Waals surface area contributed by atoms with Gasteiger partial charge < -0.3 is 14.4 Å². The Morgan fingerprint density at radius 3 is 2.69 bits per heavy atom. The van der Waals surface area contributed by atoms with Gasteiger partial charge in [-0.3, -0.25) is 4.79 Å². The maximum atomic E-state index is 13.0. The number of amides is 1. The molecule has 186 valence electrons. The molecule has 0 radical (unpaired) electrons. The summed E-state index contributed by atoms with van der Waals surface area (Å²) >= 11 is 1.42. The summed E-state index contributed by atoms with van der Waals surface area (Å²) < 4.78 is 15.1. The molecule has 1 amide bonds. The first kappa shape index (κ1) is 24.8. The standard InChI is InChI=1S/C25H31N5O4S/c1-6-12-29-22(31)20-16-26-23(35-5)27-21(20)30(29)17-8-7-9-19(15-17)33-18-10-13-28(14-11-18)24(32)34-25(2,3)4/h6-9,15-16,18H,1,10-14H2,2-5H3. The van der Waals surface area contributed by atoms with E-state index in [1.165, 1.54) is 11.8 Å². The number of nitrogens with zero attached hydrogens (tertiary/aromatic N) is 5. The molecule has 0 N–H and O–H groups in total. The highest BCUT2D eigenvalue weighted by atomic mass is 32.2. The van der Waals surface area contributed by atoms with Crippen molar-refractivity contribution in [2.24, 2.45) is 0 Å². The first-order valence-electron chi connectivity index (χ1n) is 11.6. The quantitative estimate of drug-likeness (QED) is 0.285. The summed E-state index contributed by atoms with van der Waals surface area (Å²) in [5, 5.41) is 1.04. The molecule has 0 spiro atoms. The van der Waals surface area contributed by atoms with E-state index < -0.39 is 5.60 Å². The molecule has 3 aromatic rings. The summed E-state index contributed by atoms with van der Waals surface area (Å²) in [6.07, 6.45) is 6.26. The lowest BCUT2D eigenvalue weighted by molar-refractivity contribution is 0.0126. The van der Waals surface area contributed by atoms with Gasteiger partial charge in [0.05, 0.1) is 12.2 Å². The smallest absolute Gasteiger partial charge is 0.410 e. The van der Waals surface area contributed by atoms with E-state index in [0.29, 0.717) is 54.4 Å². The van der Waals surface area contributed by atoms with Crippen LogP contribution < -0.4 is 10.3 Å². The normalized spacial score (nSPS) is 14.8. The van der Waals surface area contributed by atoms with E-state index in [-0.39, 0.29) is 17.8 Å². The van der Waals surface area contributed by atoms with Crippen LogP contribution in [0.25, 0.3) is 16.7 Å². The van der Waals surface area contributed by atoms with Crippen molar-refractivity contribution >= 4 is 28.9 Å². The molecule has 1 saturated heterocycles. The minimum Gasteiger partial charge on any atom is -0.490 e. The molecule has 1 aromatic carbocycles. The Morgan fingerprint density at radius 1 is 1.29 bits per heavy atom.